The van der Waals surface area contributed by atoms with Gasteiger partial charge < -0.3 is 15.4 Å². The SMILES string of the molecule is Cc1ccccc1C(=O)NCCC(=O)OCC(=O)NCc1cccc(Cl)c1. The molecule has 6 nitrogen and oxygen atoms in total. The fraction of sp³-hybridized carbons (Fsp3) is 0.250. The van der Waals surface area contributed by atoms with Crippen LogP contribution in [0.15, 0.2) is 48.5 Å². The van der Waals surface area contributed by atoms with Crippen molar-refractivity contribution in [3.63, 3.8) is 0 Å². The van der Waals surface area contributed by atoms with Gasteiger partial charge in [0, 0.05) is 23.7 Å². The molecule has 0 saturated carbocycles. The fourth-order valence-electron chi connectivity index (χ4n) is 2.32. The quantitative estimate of drug-likeness (QED) is 0.681. The van der Waals surface area contributed by atoms with E-state index in [1.165, 1.54) is 0 Å². The standard InChI is InChI=1S/C20H21ClN2O4/c1-14-5-2-3-8-17(14)20(26)22-10-9-19(25)27-13-18(24)23-12-15-6-4-7-16(21)11-15/h2-8,11H,9-10,12-13H2,1H3,(H,22,26)(H,23,24). The Morgan fingerprint density at radius 3 is 2.56 bits per heavy atom. The van der Waals surface area contributed by atoms with E-state index in [2.05, 4.69) is 10.6 Å². The summed E-state index contributed by atoms with van der Waals surface area (Å²) in [6.07, 6.45) is -0.0147. The number of rotatable bonds is 8. The number of benzene rings is 2. The van der Waals surface area contributed by atoms with Gasteiger partial charge in [0.2, 0.25) is 0 Å². The van der Waals surface area contributed by atoms with Crippen LogP contribution in [-0.2, 0) is 20.9 Å². The van der Waals surface area contributed by atoms with Crippen molar-refractivity contribution < 1.29 is 19.1 Å². The average Bonchev–Trinajstić information content (AvgIpc) is 2.65. The van der Waals surface area contributed by atoms with Crippen molar-refractivity contribution in [3.05, 3.63) is 70.2 Å². The summed E-state index contributed by atoms with van der Waals surface area (Å²) in [5.41, 5.74) is 2.27. The number of carbonyl (C=O) groups excluding carboxylic acids is 3. The molecule has 0 aliphatic heterocycles. The smallest absolute Gasteiger partial charge is 0.308 e. The van der Waals surface area contributed by atoms with Gasteiger partial charge in [-0.3, -0.25) is 14.4 Å². The van der Waals surface area contributed by atoms with Crippen LogP contribution in [0.3, 0.4) is 0 Å². The van der Waals surface area contributed by atoms with Crippen molar-refractivity contribution in [1.29, 1.82) is 0 Å². The van der Waals surface area contributed by atoms with Crippen molar-refractivity contribution in [2.45, 2.75) is 19.9 Å². The molecule has 0 unspecified atom stereocenters. The van der Waals surface area contributed by atoms with Crippen molar-refractivity contribution >= 4 is 29.4 Å². The molecule has 142 valence electrons. The van der Waals surface area contributed by atoms with Crippen molar-refractivity contribution in [3.8, 4) is 0 Å². The molecule has 2 rings (SSSR count). The Morgan fingerprint density at radius 2 is 1.81 bits per heavy atom. The highest BCUT2D eigenvalue weighted by molar-refractivity contribution is 6.30. The zero-order chi connectivity index (χ0) is 19.6. The molecule has 2 N–H and O–H groups in total. The van der Waals surface area contributed by atoms with Crippen molar-refractivity contribution in [1.82, 2.24) is 10.6 Å². The van der Waals surface area contributed by atoms with E-state index in [1.54, 1.807) is 30.3 Å². The minimum atomic E-state index is -0.557. The van der Waals surface area contributed by atoms with E-state index in [0.717, 1.165) is 11.1 Å². The summed E-state index contributed by atoms with van der Waals surface area (Å²) in [5, 5.41) is 5.88. The minimum absolute atomic E-state index is 0.0147. The lowest BCUT2D eigenvalue weighted by Crippen LogP contribution is -2.30. The van der Waals surface area contributed by atoms with Crippen LogP contribution >= 0.6 is 11.6 Å². The monoisotopic (exact) mass is 388 g/mol. The number of halogens is 1. The first-order chi connectivity index (χ1) is 13.0. The number of esters is 1. The van der Waals surface area contributed by atoms with Gasteiger partial charge in [-0.1, -0.05) is 41.9 Å². The minimum Gasteiger partial charge on any atom is -0.456 e. The molecule has 0 saturated heterocycles. The summed E-state index contributed by atoms with van der Waals surface area (Å²) in [6.45, 7) is 1.90. The Hall–Kier alpha value is -2.86. The second kappa shape index (κ2) is 10.3. The molecule has 2 amide bonds. The van der Waals surface area contributed by atoms with Gasteiger partial charge in [-0.2, -0.15) is 0 Å². The third-order valence-corrected chi connectivity index (χ3v) is 3.98. The number of aryl methyl sites for hydroxylation is 1. The first-order valence-electron chi connectivity index (χ1n) is 8.46. The summed E-state index contributed by atoms with van der Waals surface area (Å²) >= 11 is 5.87. The zero-order valence-electron chi connectivity index (χ0n) is 15.0. The van der Waals surface area contributed by atoms with E-state index in [0.29, 0.717) is 17.1 Å². The molecular weight excluding hydrogens is 368 g/mol. The number of nitrogens with one attached hydrogen (secondary N) is 2. The van der Waals surface area contributed by atoms with Crippen LogP contribution in [0.1, 0.15) is 27.9 Å². The van der Waals surface area contributed by atoms with Crippen LogP contribution in [0.5, 0.6) is 0 Å². The number of ether oxygens (including phenoxy) is 1. The van der Waals surface area contributed by atoms with E-state index in [4.69, 9.17) is 16.3 Å². The largest absolute Gasteiger partial charge is 0.456 e. The summed E-state index contributed by atoms with van der Waals surface area (Å²) < 4.78 is 4.90. The highest BCUT2D eigenvalue weighted by Crippen LogP contribution is 2.10. The lowest BCUT2D eigenvalue weighted by Gasteiger charge is -2.08. The predicted molar refractivity (Wildman–Crippen MR) is 102 cm³/mol. The first-order valence-corrected chi connectivity index (χ1v) is 8.84. The first kappa shape index (κ1) is 20.5. The molecule has 2 aromatic carbocycles. The Labute approximate surface area is 162 Å². The number of hydrogen-bond acceptors (Lipinski definition) is 4. The van der Waals surface area contributed by atoms with Gasteiger partial charge in [-0.15, -0.1) is 0 Å². The lowest BCUT2D eigenvalue weighted by atomic mass is 10.1. The third-order valence-electron chi connectivity index (χ3n) is 3.75. The van der Waals surface area contributed by atoms with E-state index < -0.39 is 11.9 Å². The molecule has 0 aliphatic rings. The highest BCUT2D eigenvalue weighted by Gasteiger charge is 2.10. The molecule has 0 bridgehead atoms. The summed E-state index contributed by atoms with van der Waals surface area (Å²) in [7, 11) is 0. The van der Waals surface area contributed by atoms with Gasteiger partial charge in [0.1, 0.15) is 0 Å². The van der Waals surface area contributed by atoms with Gasteiger partial charge in [-0.25, -0.2) is 0 Å². The van der Waals surface area contributed by atoms with Crippen LogP contribution < -0.4 is 10.6 Å². The van der Waals surface area contributed by atoms with Crippen molar-refractivity contribution in [2.24, 2.45) is 0 Å². The molecule has 27 heavy (non-hydrogen) atoms. The fourth-order valence-corrected chi connectivity index (χ4v) is 2.53. The van der Waals surface area contributed by atoms with E-state index in [1.807, 2.05) is 25.1 Å². The van der Waals surface area contributed by atoms with Gasteiger partial charge in [0.05, 0.1) is 6.42 Å². The number of carbonyl (C=O) groups is 3. The van der Waals surface area contributed by atoms with Gasteiger partial charge in [0.25, 0.3) is 11.8 Å². The maximum absolute atomic E-state index is 12.0. The summed E-state index contributed by atoms with van der Waals surface area (Å²) in [4.78, 5) is 35.4. The number of hydrogen-bond donors (Lipinski definition) is 2. The zero-order valence-corrected chi connectivity index (χ0v) is 15.7. The normalized spacial score (nSPS) is 10.1. The van der Waals surface area contributed by atoms with Crippen molar-refractivity contribution in [2.75, 3.05) is 13.2 Å². The average molecular weight is 389 g/mol. The molecule has 0 aromatic heterocycles. The maximum atomic E-state index is 12.0. The van der Waals surface area contributed by atoms with Crippen LogP contribution in [0.2, 0.25) is 5.02 Å². The summed E-state index contributed by atoms with van der Waals surface area (Å²) in [6, 6.07) is 14.3. The van der Waals surface area contributed by atoms with E-state index in [9.17, 15) is 14.4 Å². The third kappa shape index (κ3) is 7.11. The van der Waals surface area contributed by atoms with Crippen LogP contribution in [-0.4, -0.2) is 30.9 Å². The summed E-state index contributed by atoms with van der Waals surface area (Å²) in [5.74, 6) is -1.22. The van der Waals surface area contributed by atoms with E-state index >= 15 is 0 Å². The second-order valence-electron chi connectivity index (χ2n) is 5.89. The molecule has 0 fully saturated rings. The Kier molecular flexibility index (Phi) is 7.82. The lowest BCUT2D eigenvalue weighted by molar-refractivity contribution is -0.148. The Balaban J connectivity index is 1.63. The topological polar surface area (TPSA) is 84.5 Å². The molecule has 0 radical (unpaired) electrons. The van der Waals surface area contributed by atoms with Gasteiger partial charge >= 0.3 is 5.97 Å². The molecule has 0 heterocycles. The second-order valence-corrected chi connectivity index (χ2v) is 6.32. The van der Waals surface area contributed by atoms with Crippen LogP contribution in [0.4, 0.5) is 0 Å². The highest BCUT2D eigenvalue weighted by atomic mass is 35.5. The molecule has 2 aromatic rings. The Bertz CT molecular complexity index is 823. The maximum Gasteiger partial charge on any atom is 0.308 e. The van der Waals surface area contributed by atoms with Crippen LogP contribution in [0, 0.1) is 6.92 Å². The Morgan fingerprint density at radius 1 is 1.04 bits per heavy atom. The van der Waals surface area contributed by atoms with Gasteiger partial charge in [0.15, 0.2) is 6.61 Å². The molecule has 7 heteroatoms. The molecule has 0 spiro atoms. The van der Waals surface area contributed by atoms with E-state index in [-0.39, 0.29) is 25.5 Å². The molecule has 0 atom stereocenters. The number of amides is 2. The van der Waals surface area contributed by atoms with Crippen LogP contribution in [0.25, 0.3) is 0 Å². The predicted octanol–water partition coefficient (Wildman–Crippen LogP) is 2.63. The van der Waals surface area contributed by atoms with Gasteiger partial charge in [-0.05, 0) is 36.2 Å². The molecular formula is C20H21ClN2O4. The molecule has 0 aliphatic carbocycles.